The molecule has 1 aliphatic carbocycles. The summed E-state index contributed by atoms with van der Waals surface area (Å²) < 4.78 is 14.8. The number of carbonyl (C=O) groups excluding carboxylic acids is 1. The fourth-order valence-electron chi connectivity index (χ4n) is 3.75. The second-order valence-electron chi connectivity index (χ2n) is 7.35. The number of hydrogen-bond donors (Lipinski definition) is 1. The Morgan fingerprint density at radius 2 is 1.90 bits per heavy atom. The topological polar surface area (TPSA) is 54.9 Å². The minimum absolute atomic E-state index is 0.133. The summed E-state index contributed by atoms with van der Waals surface area (Å²) in [5, 5.41) is 4.95. The molecule has 2 heterocycles. The Labute approximate surface area is 196 Å². The van der Waals surface area contributed by atoms with Crippen LogP contribution in [0.5, 0.6) is 0 Å². The zero-order valence-electron chi connectivity index (χ0n) is 16.4. The van der Waals surface area contributed by atoms with E-state index in [1.165, 1.54) is 6.07 Å². The molecule has 0 spiro atoms. The number of carbonyl (C=O) groups is 1. The summed E-state index contributed by atoms with van der Waals surface area (Å²) in [5.74, 6) is 0.0990. The van der Waals surface area contributed by atoms with Crippen LogP contribution in [0, 0.1) is 9.39 Å². The number of rotatable bonds is 4. The fourth-order valence-corrected chi connectivity index (χ4v) is 4.82. The quantitative estimate of drug-likeness (QED) is 0.328. The third-order valence-corrected chi connectivity index (χ3v) is 6.81. The number of benzene rings is 2. The molecule has 0 atom stereocenters. The molecule has 7 heteroatoms. The highest BCUT2D eigenvalue weighted by molar-refractivity contribution is 14.1. The van der Waals surface area contributed by atoms with Gasteiger partial charge in [0.1, 0.15) is 11.5 Å². The van der Waals surface area contributed by atoms with Gasteiger partial charge in [-0.15, -0.1) is 11.3 Å². The molecule has 0 unspecified atom stereocenters. The van der Waals surface area contributed by atoms with E-state index in [2.05, 4.69) is 27.9 Å². The van der Waals surface area contributed by atoms with Gasteiger partial charge in [-0.25, -0.2) is 14.4 Å². The van der Waals surface area contributed by atoms with E-state index in [-0.39, 0.29) is 18.1 Å². The van der Waals surface area contributed by atoms with E-state index < -0.39 is 0 Å². The number of halogens is 2. The fraction of sp³-hybridized carbons (Fsp3) is 0.125. The maximum absolute atomic E-state index is 13.7. The predicted octanol–water partition coefficient (Wildman–Crippen LogP) is 5.90. The first-order chi connectivity index (χ1) is 15.1. The molecular formula is C24H17FIN3OS. The van der Waals surface area contributed by atoms with Crippen LogP contribution in [0.25, 0.3) is 21.8 Å². The molecule has 0 aliphatic heterocycles. The number of fused-ring (bicyclic) bond motifs is 3. The van der Waals surface area contributed by atoms with E-state index in [9.17, 15) is 9.18 Å². The third-order valence-electron chi connectivity index (χ3n) is 5.21. The summed E-state index contributed by atoms with van der Waals surface area (Å²) in [5.41, 5.74) is 5.02. The molecule has 0 bridgehead atoms. The largest absolute Gasteiger partial charge is 0.309 e. The van der Waals surface area contributed by atoms with Gasteiger partial charge in [0.2, 0.25) is 5.91 Å². The van der Waals surface area contributed by atoms with Crippen LogP contribution in [0.1, 0.15) is 16.8 Å². The lowest BCUT2D eigenvalue weighted by Crippen LogP contribution is -2.18. The van der Waals surface area contributed by atoms with Crippen molar-refractivity contribution >= 4 is 45.7 Å². The van der Waals surface area contributed by atoms with Crippen molar-refractivity contribution in [1.29, 1.82) is 0 Å². The van der Waals surface area contributed by atoms with E-state index in [4.69, 9.17) is 9.97 Å². The average Bonchev–Trinajstić information content (AvgIpc) is 3.29. The summed E-state index contributed by atoms with van der Waals surface area (Å²) in [6.45, 7) is 0. The molecule has 0 fully saturated rings. The van der Waals surface area contributed by atoms with Crippen LogP contribution in [0.15, 0.2) is 60.0 Å². The van der Waals surface area contributed by atoms with Gasteiger partial charge in [0.25, 0.3) is 0 Å². The van der Waals surface area contributed by atoms with Crippen molar-refractivity contribution in [2.45, 2.75) is 19.3 Å². The van der Waals surface area contributed by atoms with E-state index in [0.29, 0.717) is 24.4 Å². The summed E-state index contributed by atoms with van der Waals surface area (Å²) in [7, 11) is 0. The zero-order chi connectivity index (χ0) is 21.4. The predicted molar refractivity (Wildman–Crippen MR) is 130 cm³/mol. The second-order valence-corrected chi connectivity index (χ2v) is 9.54. The van der Waals surface area contributed by atoms with E-state index in [1.54, 1.807) is 23.5 Å². The number of hydrogen-bond acceptors (Lipinski definition) is 4. The number of nitrogens with zero attached hydrogens (tertiary/aromatic N) is 2. The monoisotopic (exact) mass is 541 g/mol. The number of amides is 1. The summed E-state index contributed by atoms with van der Waals surface area (Å²) >= 11 is 3.79. The normalized spacial score (nSPS) is 12.2. The van der Waals surface area contributed by atoms with E-state index in [0.717, 1.165) is 36.5 Å². The van der Waals surface area contributed by atoms with Gasteiger partial charge in [-0.2, -0.15) is 0 Å². The molecule has 4 nitrogen and oxygen atoms in total. The van der Waals surface area contributed by atoms with Gasteiger partial charge < -0.3 is 5.32 Å². The minimum Gasteiger partial charge on any atom is -0.309 e. The molecule has 0 saturated carbocycles. The van der Waals surface area contributed by atoms with Crippen LogP contribution in [0.3, 0.4) is 0 Å². The Morgan fingerprint density at radius 3 is 2.68 bits per heavy atom. The zero-order valence-corrected chi connectivity index (χ0v) is 19.3. The number of aromatic nitrogens is 2. The molecule has 0 radical (unpaired) electrons. The molecular weight excluding hydrogens is 524 g/mol. The van der Waals surface area contributed by atoms with Crippen molar-refractivity contribution in [2.24, 2.45) is 0 Å². The summed E-state index contributed by atoms with van der Waals surface area (Å²) in [6.07, 6.45) is 1.62. The van der Waals surface area contributed by atoms with Crippen molar-refractivity contribution in [1.82, 2.24) is 9.97 Å². The molecule has 4 aromatic rings. The van der Waals surface area contributed by atoms with Crippen LogP contribution in [-0.4, -0.2) is 15.9 Å². The lowest BCUT2D eigenvalue weighted by Gasteiger charge is -2.20. The molecule has 1 N–H and O–H groups in total. The van der Waals surface area contributed by atoms with Crippen LogP contribution < -0.4 is 5.32 Å². The van der Waals surface area contributed by atoms with Crippen molar-refractivity contribution in [3.63, 3.8) is 0 Å². The molecule has 0 saturated heterocycles. The Hall–Kier alpha value is -2.65. The molecule has 31 heavy (non-hydrogen) atoms. The lowest BCUT2D eigenvalue weighted by molar-refractivity contribution is -0.115. The van der Waals surface area contributed by atoms with Crippen LogP contribution >= 0.6 is 33.9 Å². The Morgan fingerprint density at radius 1 is 1.06 bits per heavy atom. The first kappa shape index (κ1) is 20.3. The molecule has 1 aliphatic rings. The molecule has 2 aromatic carbocycles. The number of aryl methyl sites for hydroxylation is 2. The lowest BCUT2D eigenvalue weighted by atomic mass is 9.91. The van der Waals surface area contributed by atoms with Gasteiger partial charge in [0.15, 0.2) is 5.82 Å². The maximum Gasteiger partial charge on any atom is 0.230 e. The summed E-state index contributed by atoms with van der Waals surface area (Å²) in [4.78, 5) is 23.4. The van der Waals surface area contributed by atoms with Crippen LogP contribution in [0.2, 0.25) is 0 Å². The highest BCUT2D eigenvalue weighted by atomic mass is 127. The van der Waals surface area contributed by atoms with Crippen molar-refractivity contribution in [2.75, 3.05) is 5.32 Å². The van der Waals surface area contributed by atoms with Crippen LogP contribution in [-0.2, 0) is 24.1 Å². The SMILES string of the molecule is O=C(Cc1ccc(I)cc1)Nc1nc2c(nc1-c1cccs1)-c1ccc(F)cc1CC2. The van der Waals surface area contributed by atoms with E-state index >= 15 is 0 Å². The highest BCUT2D eigenvalue weighted by Gasteiger charge is 2.23. The van der Waals surface area contributed by atoms with Crippen LogP contribution in [0.4, 0.5) is 10.2 Å². The van der Waals surface area contributed by atoms with Crippen molar-refractivity contribution in [3.8, 4) is 21.8 Å². The smallest absolute Gasteiger partial charge is 0.230 e. The highest BCUT2D eigenvalue weighted by Crippen LogP contribution is 2.37. The first-order valence-corrected chi connectivity index (χ1v) is 11.8. The number of anilines is 1. The first-order valence-electron chi connectivity index (χ1n) is 9.85. The van der Waals surface area contributed by atoms with Crippen molar-refractivity contribution < 1.29 is 9.18 Å². The van der Waals surface area contributed by atoms with Gasteiger partial charge in [-0.05, 0) is 88.3 Å². The van der Waals surface area contributed by atoms with Gasteiger partial charge >= 0.3 is 0 Å². The summed E-state index contributed by atoms with van der Waals surface area (Å²) in [6, 6.07) is 16.6. The van der Waals surface area contributed by atoms with Gasteiger partial charge in [-0.3, -0.25) is 4.79 Å². The van der Waals surface area contributed by atoms with Gasteiger partial charge in [0, 0.05) is 9.13 Å². The maximum atomic E-state index is 13.7. The molecule has 154 valence electrons. The average molecular weight is 541 g/mol. The number of nitrogens with one attached hydrogen (secondary N) is 1. The third kappa shape index (κ3) is 4.24. The van der Waals surface area contributed by atoms with Crippen molar-refractivity contribution in [3.05, 3.63) is 86.2 Å². The standard InChI is InChI=1S/C24H17FIN3OS/c25-16-6-9-18-15(13-16)5-10-19-22(18)29-23(20-2-1-11-31-20)24(27-19)28-21(30)12-14-3-7-17(26)8-4-14/h1-4,6-9,11,13H,5,10,12H2,(H,27,28,30). The van der Waals surface area contributed by atoms with E-state index in [1.807, 2.05) is 41.8 Å². The Bertz CT molecular complexity index is 1270. The van der Waals surface area contributed by atoms with Gasteiger partial charge in [-0.1, -0.05) is 18.2 Å². The molecule has 1 amide bonds. The minimum atomic E-state index is -0.242. The Kier molecular flexibility index (Phi) is 5.54. The molecule has 5 rings (SSSR count). The van der Waals surface area contributed by atoms with Gasteiger partial charge in [0.05, 0.1) is 22.7 Å². The second kappa shape index (κ2) is 8.47. The Balaban J connectivity index is 1.52. The number of thiophene rings is 1. The molecule has 2 aromatic heterocycles.